The van der Waals surface area contributed by atoms with Crippen molar-refractivity contribution < 1.29 is 14.7 Å². The van der Waals surface area contributed by atoms with Crippen molar-refractivity contribution in [3.8, 4) is 0 Å². The molecular formula is C13H15NO3S. The van der Waals surface area contributed by atoms with E-state index in [2.05, 4.69) is 0 Å². The Morgan fingerprint density at radius 1 is 1.33 bits per heavy atom. The van der Waals surface area contributed by atoms with Gasteiger partial charge in [0, 0.05) is 30.2 Å². The van der Waals surface area contributed by atoms with Gasteiger partial charge in [0.25, 0.3) is 0 Å². The highest BCUT2D eigenvalue weighted by atomic mass is 32.2. The summed E-state index contributed by atoms with van der Waals surface area (Å²) >= 11 is 1.64. The van der Waals surface area contributed by atoms with Gasteiger partial charge in [-0.15, -0.1) is 11.8 Å². The van der Waals surface area contributed by atoms with Crippen molar-refractivity contribution in [2.45, 2.75) is 17.7 Å². The highest BCUT2D eigenvalue weighted by Crippen LogP contribution is 2.19. The summed E-state index contributed by atoms with van der Waals surface area (Å²) in [4.78, 5) is 25.0. The molecule has 18 heavy (non-hydrogen) atoms. The van der Waals surface area contributed by atoms with E-state index in [1.807, 2.05) is 4.90 Å². The summed E-state index contributed by atoms with van der Waals surface area (Å²) in [5.41, 5.74) is 0.300. The number of carboxylic acid groups (broad SMARTS) is 1. The number of hydrogen-bond donors (Lipinski definition) is 1. The SMILES string of the molecule is O=C(O)c1ccc(SCCN2CCCC2=O)cc1. The molecule has 96 valence electrons. The summed E-state index contributed by atoms with van der Waals surface area (Å²) in [7, 11) is 0. The zero-order valence-electron chi connectivity index (χ0n) is 9.96. The van der Waals surface area contributed by atoms with Gasteiger partial charge in [0.05, 0.1) is 5.56 Å². The summed E-state index contributed by atoms with van der Waals surface area (Å²) in [6.45, 7) is 1.64. The molecule has 1 N–H and O–H groups in total. The second-order valence-electron chi connectivity index (χ2n) is 4.16. The van der Waals surface area contributed by atoms with Gasteiger partial charge in [0.1, 0.15) is 0 Å². The fraction of sp³-hybridized carbons (Fsp3) is 0.385. The molecule has 0 spiro atoms. The highest BCUT2D eigenvalue weighted by Gasteiger charge is 2.19. The summed E-state index contributed by atoms with van der Waals surface area (Å²) in [5.74, 6) is 0.184. The van der Waals surface area contributed by atoms with Crippen LogP contribution in [0.4, 0.5) is 0 Å². The molecule has 5 heteroatoms. The monoisotopic (exact) mass is 265 g/mol. The fourth-order valence-corrected chi connectivity index (χ4v) is 2.78. The lowest BCUT2D eigenvalue weighted by Crippen LogP contribution is -2.26. The molecule has 1 fully saturated rings. The standard InChI is InChI=1S/C13H15NO3S/c15-12-2-1-7-14(12)8-9-18-11-5-3-10(4-6-11)13(16)17/h3-6H,1-2,7-9H2,(H,16,17). The minimum Gasteiger partial charge on any atom is -0.478 e. The number of carbonyl (C=O) groups excluding carboxylic acids is 1. The third-order valence-corrected chi connectivity index (χ3v) is 3.89. The number of rotatable bonds is 5. The van der Waals surface area contributed by atoms with Crippen LogP contribution in [0.1, 0.15) is 23.2 Å². The molecule has 0 aliphatic carbocycles. The first-order valence-corrected chi connectivity index (χ1v) is 6.89. The Balaban J connectivity index is 1.79. The maximum absolute atomic E-state index is 11.4. The van der Waals surface area contributed by atoms with Crippen molar-refractivity contribution >= 4 is 23.6 Å². The fourth-order valence-electron chi connectivity index (χ4n) is 1.91. The number of carbonyl (C=O) groups is 2. The van der Waals surface area contributed by atoms with Crippen molar-refractivity contribution in [1.82, 2.24) is 4.90 Å². The van der Waals surface area contributed by atoms with E-state index in [0.29, 0.717) is 12.0 Å². The van der Waals surface area contributed by atoms with Gasteiger partial charge in [-0.3, -0.25) is 4.79 Å². The molecule has 0 unspecified atom stereocenters. The molecular weight excluding hydrogens is 250 g/mol. The molecule has 1 heterocycles. The average Bonchev–Trinajstić information content (AvgIpc) is 2.76. The van der Waals surface area contributed by atoms with Crippen LogP contribution in [0.15, 0.2) is 29.2 Å². The van der Waals surface area contributed by atoms with Crippen molar-refractivity contribution in [3.05, 3.63) is 29.8 Å². The zero-order valence-corrected chi connectivity index (χ0v) is 10.8. The summed E-state index contributed by atoms with van der Waals surface area (Å²) in [5, 5.41) is 8.77. The number of thioether (sulfide) groups is 1. The Kier molecular flexibility index (Phi) is 4.25. The minimum absolute atomic E-state index is 0.247. The van der Waals surface area contributed by atoms with Gasteiger partial charge in [0.2, 0.25) is 5.91 Å². The van der Waals surface area contributed by atoms with E-state index in [0.717, 1.165) is 30.2 Å². The Hall–Kier alpha value is -1.49. The van der Waals surface area contributed by atoms with Crippen LogP contribution in [0.25, 0.3) is 0 Å². The number of nitrogens with zero attached hydrogens (tertiary/aromatic N) is 1. The Morgan fingerprint density at radius 3 is 2.61 bits per heavy atom. The van der Waals surface area contributed by atoms with Gasteiger partial charge in [-0.2, -0.15) is 0 Å². The maximum atomic E-state index is 11.4. The van der Waals surface area contributed by atoms with E-state index in [9.17, 15) is 9.59 Å². The summed E-state index contributed by atoms with van der Waals surface area (Å²) in [6, 6.07) is 6.82. The van der Waals surface area contributed by atoms with Crippen LogP contribution in [-0.4, -0.2) is 40.7 Å². The van der Waals surface area contributed by atoms with E-state index in [4.69, 9.17) is 5.11 Å². The Morgan fingerprint density at radius 2 is 2.06 bits per heavy atom. The molecule has 2 rings (SSSR count). The highest BCUT2D eigenvalue weighted by molar-refractivity contribution is 7.99. The topological polar surface area (TPSA) is 57.6 Å². The molecule has 1 aliphatic rings. The first kappa shape index (κ1) is 13.0. The van der Waals surface area contributed by atoms with Gasteiger partial charge in [-0.05, 0) is 30.7 Å². The van der Waals surface area contributed by atoms with Gasteiger partial charge < -0.3 is 10.0 Å². The van der Waals surface area contributed by atoms with Crippen LogP contribution in [-0.2, 0) is 4.79 Å². The third kappa shape index (κ3) is 3.26. The van der Waals surface area contributed by atoms with Crippen molar-refractivity contribution in [3.63, 3.8) is 0 Å². The predicted molar refractivity (Wildman–Crippen MR) is 69.9 cm³/mol. The van der Waals surface area contributed by atoms with Gasteiger partial charge >= 0.3 is 5.97 Å². The number of aromatic carboxylic acids is 1. The number of hydrogen-bond acceptors (Lipinski definition) is 3. The van der Waals surface area contributed by atoms with E-state index in [1.54, 1.807) is 36.0 Å². The second kappa shape index (κ2) is 5.91. The summed E-state index contributed by atoms with van der Waals surface area (Å²) in [6.07, 6.45) is 1.65. The molecule has 0 bridgehead atoms. The quantitative estimate of drug-likeness (QED) is 0.828. The molecule has 0 saturated carbocycles. The Bertz CT molecular complexity index is 444. The van der Waals surface area contributed by atoms with Crippen LogP contribution in [0.3, 0.4) is 0 Å². The largest absolute Gasteiger partial charge is 0.478 e. The molecule has 1 saturated heterocycles. The lowest BCUT2D eigenvalue weighted by molar-refractivity contribution is -0.127. The number of amides is 1. The molecule has 1 aromatic rings. The molecule has 1 aromatic carbocycles. The smallest absolute Gasteiger partial charge is 0.335 e. The number of likely N-dealkylation sites (tertiary alicyclic amines) is 1. The zero-order chi connectivity index (χ0) is 13.0. The minimum atomic E-state index is -0.908. The van der Waals surface area contributed by atoms with Crippen molar-refractivity contribution in [2.75, 3.05) is 18.8 Å². The van der Waals surface area contributed by atoms with Gasteiger partial charge in [-0.1, -0.05) is 0 Å². The number of benzene rings is 1. The van der Waals surface area contributed by atoms with Crippen LogP contribution >= 0.6 is 11.8 Å². The molecule has 0 radical (unpaired) electrons. The molecule has 1 aliphatic heterocycles. The van der Waals surface area contributed by atoms with Crippen LogP contribution < -0.4 is 0 Å². The van der Waals surface area contributed by atoms with E-state index in [-0.39, 0.29) is 5.91 Å². The molecule has 4 nitrogen and oxygen atoms in total. The first-order chi connectivity index (χ1) is 8.66. The van der Waals surface area contributed by atoms with Gasteiger partial charge in [0.15, 0.2) is 0 Å². The lowest BCUT2D eigenvalue weighted by Gasteiger charge is -2.14. The second-order valence-corrected chi connectivity index (χ2v) is 5.33. The molecule has 0 aromatic heterocycles. The first-order valence-electron chi connectivity index (χ1n) is 5.91. The number of carboxylic acids is 1. The van der Waals surface area contributed by atoms with Crippen LogP contribution in [0.5, 0.6) is 0 Å². The average molecular weight is 265 g/mol. The summed E-state index contributed by atoms with van der Waals surface area (Å²) < 4.78 is 0. The maximum Gasteiger partial charge on any atom is 0.335 e. The van der Waals surface area contributed by atoms with Crippen molar-refractivity contribution in [1.29, 1.82) is 0 Å². The van der Waals surface area contributed by atoms with Crippen LogP contribution in [0.2, 0.25) is 0 Å². The van der Waals surface area contributed by atoms with Gasteiger partial charge in [-0.25, -0.2) is 4.79 Å². The molecule has 0 atom stereocenters. The normalized spacial score (nSPS) is 15.1. The lowest BCUT2D eigenvalue weighted by atomic mass is 10.2. The Labute approximate surface area is 110 Å². The predicted octanol–water partition coefficient (Wildman–Crippen LogP) is 2.10. The van der Waals surface area contributed by atoms with E-state index >= 15 is 0 Å². The van der Waals surface area contributed by atoms with E-state index < -0.39 is 5.97 Å². The third-order valence-electron chi connectivity index (χ3n) is 2.90. The molecule has 1 amide bonds. The van der Waals surface area contributed by atoms with Crippen LogP contribution in [0, 0.1) is 0 Å². The van der Waals surface area contributed by atoms with E-state index in [1.165, 1.54) is 0 Å². The van der Waals surface area contributed by atoms with Crippen molar-refractivity contribution in [2.24, 2.45) is 0 Å².